The van der Waals surface area contributed by atoms with E-state index in [9.17, 15) is 24.6 Å². The molecule has 1 aromatic carbocycles. The molecule has 1 rings (SSSR count). The third-order valence-electron chi connectivity index (χ3n) is 3.01. The van der Waals surface area contributed by atoms with Crippen molar-refractivity contribution in [3.8, 4) is 5.75 Å². The van der Waals surface area contributed by atoms with Gasteiger partial charge in [-0.3, -0.25) is 9.59 Å². The van der Waals surface area contributed by atoms with E-state index >= 15 is 0 Å². The predicted octanol–water partition coefficient (Wildman–Crippen LogP) is -2.06. The molecule has 0 aromatic heterocycles. The summed E-state index contributed by atoms with van der Waals surface area (Å²) < 4.78 is 0. The molecule has 0 bridgehead atoms. The fourth-order valence-electron chi connectivity index (χ4n) is 1.79. The van der Waals surface area contributed by atoms with Crippen LogP contribution in [0.1, 0.15) is 5.56 Å². The number of hydrogen-bond acceptors (Lipinski definition) is 6. The summed E-state index contributed by atoms with van der Waals surface area (Å²) in [5, 5.41) is 31.9. The maximum atomic E-state index is 12.0. The second kappa shape index (κ2) is 8.71. The van der Waals surface area contributed by atoms with Gasteiger partial charge < -0.3 is 31.7 Å². The van der Waals surface area contributed by atoms with Gasteiger partial charge in [-0.15, -0.1) is 0 Å². The van der Waals surface area contributed by atoms with Gasteiger partial charge in [0.2, 0.25) is 11.8 Å². The minimum atomic E-state index is -1.28. The van der Waals surface area contributed by atoms with E-state index in [2.05, 4.69) is 10.6 Å². The number of aliphatic hydroxyl groups excluding tert-OH is 1. The Morgan fingerprint density at radius 3 is 2.17 bits per heavy atom. The standard InChI is InChI=1S/C14H19N3O6/c15-6-12(20)16-11(7-18)13(21)17-10(14(22)23)5-8-1-3-9(19)4-2-8/h1-4,10-11,18-19H,5-7,15H2,(H,16,20)(H,17,21)(H,22,23). The van der Waals surface area contributed by atoms with E-state index in [1.165, 1.54) is 24.3 Å². The molecule has 9 nitrogen and oxygen atoms in total. The number of aliphatic carboxylic acids is 1. The van der Waals surface area contributed by atoms with Gasteiger partial charge >= 0.3 is 5.97 Å². The van der Waals surface area contributed by atoms with Crippen molar-refractivity contribution in [1.29, 1.82) is 0 Å². The first kappa shape index (κ1) is 18.4. The van der Waals surface area contributed by atoms with E-state index in [1.807, 2.05) is 0 Å². The number of nitrogens with two attached hydrogens (primary N) is 1. The van der Waals surface area contributed by atoms with Crippen molar-refractivity contribution in [1.82, 2.24) is 10.6 Å². The number of phenols is 1. The van der Waals surface area contributed by atoms with Gasteiger partial charge in [0.1, 0.15) is 17.8 Å². The van der Waals surface area contributed by atoms with Gasteiger partial charge in [-0.25, -0.2) is 4.79 Å². The fraction of sp³-hybridized carbons (Fsp3) is 0.357. The molecule has 2 unspecified atom stereocenters. The second-order valence-electron chi connectivity index (χ2n) is 4.78. The van der Waals surface area contributed by atoms with E-state index in [-0.39, 0.29) is 18.7 Å². The van der Waals surface area contributed by atoms with Gasteiger partial charge in [-0.2, -0.15) is 0 Å². The first-order chi connectivity index (χ1) is 10.9. The summed E-state index contributed by atoms with van der Waals surface area (Å²) >= 11 is 0. The van der Waals surface area contributed by atoms with Crippen molar-refractivity contribution < 1.29 is 29.7 Å². The lowest BCUT2D eigenvalue weighted by Crippen LogP contribution is -2.54. The first-order valence-electron chi connectivity index (χ1n) is 6.78. The van der Waals surface area contributed by atoms with Crippen LogP contribution >= 0.6 is 0 Å². The monoisotopic (exact) mass is 325 g/mol. The second-order valence-corrected chi connectivity index (χ2v) is 4.78. The molecule has 0 heterocycles. The van der Waals surface area contributed by atoms with Crippen molar-refractivity contribution >= 4 is 17.8 Å². The van der Waals surface area contributed by atoms with Crippen molar-refractivity contribution in [3.05, 3.63) is 29.8 Å². The van der Waals surface area contributed by atoms with Gasteiger partial charge in [-0.05, 0) is 17.7 Å². The van der Waals surface area contributed by atoms with Gasteiger partial charge in [-0.1, -0.05) is 12.1 Å². The third-order valence-corrected chi connectivity index (χ3v) is 3.01. The molecule has 7 N–H and O–H groups in total. The molecular formula is C14H19N3O6. The summed E-state index contributed by atoms with van der Waals surface area (Å²) in [7, 11) is 0. The lowest BCUT2D eigenvalue weighted by Gasteiger charge is -2.20. The highest BCUT2D eigenvalue weighted by atomic mass is 16.4. The summed E-state index contributed by atoms with van der Waals surface area (Å²) in [6.45, 7) is -1.05. The Bertz CT molecular complexity index is 560. The van der Waals surface area contributed by atoms with E-state index in [1.54, 1.807) is 0 Å². The Labute approximate surface area is 132 Å². The van der Waals surface area contributed by atoms with Crippen LogP contribution in [0, 0.1) is 0 Å². The summed E-state index contributed by atoms with van der Waals surface area (Å²) in [4.78, 5) is 34.4. The first-order valence-corrected chi connectivity index (χ1v) is 6.78. The zero-order chi connectivity index (χ0) is 17.4. The smallest absolute Gasteiger partial charge is 0.326 e. The molecular weight excluding hydrogens is 306 g/mol. The lowest BCUT2D eigenvalue weighted by atomic mass is 10.1. The molecule has 0 aliphatic carbocycles. The van der Waals surface area contributed by atoms with Crippen molar-refractivity contribution in [3.63, 3.8) is 0 Å². The maximum absolute atomic E-state index is 12.0. The van der Waals surface area contributed by atoms with Crippen LogP contribution in [0.3, 0.4) is 0 Å². The van der Waals surface area contributed by atoms with Crippen LogP contribution < -0.4 is 16.4 Å². The molecule has 0 spiro atoms. The van der Waals surface area contributed by atoms with Crippen LogP contribution in [0.4, 0.5) is 0 Å². The van der Waals surface area contributed by atoms with E-state index in [0.29, 0.717) is 5.56 Å². The zero-order valence-corrected chi connectivity index (χ0v) is 12.2. The Kier molecular flexibility index (Phi) is 6.97. The zero-order valence-electron chi connectivity index (χ0n) is 12.2. The predicted molar refractivity (Wildman–Crippen MR) is 79.4 cm³/mol. The fourth-order valence-corrected chi connectivity index (χ4v) is 1.79. The normalized spacial score (nSPS) is 13.0. The minimum absolute atomic E-state index is 0.0235. The molecule has 2 amide bonds. The number of phenolic OH excluding ortho intramolecular Hbond substituents is 1. The van der Waals surface area contributed by atoms with Gasteiger partial charge in [0, 0.05) is 6.42 Å². The van der Waals surface area contributed by atoms with Crippen molar-refractivity contribution in [2.45, 2.75) is 18.5 Å². The number of carboxylic acid groups (broad SMARTS) is 1. The Morgan fingerprint density at radius 2 is 1.70 bits per heavy atom. The average Bonchev–Trinajstić information content (AvgIpc) is 2.53. The van der Waals surface area contributed by atoms with Gasteiger partial charge in [0.15, 0.2) is 0 Å². The number of carbonyl (C=O) groups excluding carboxylic acids is 2. The molecule has 0 radical (unpaired) electrons. The molecule has 0 aliphatic rings. The van der Waals surface area contributed by atoms with Crippen molar-refractivity contribution in [2.75, 3.05) is 13.2 Å². The number of nitrogens with one attached hydrogen (secondary N) is 2. The number of aromatic hydroxyl groups is 1. The molecule has 0 aliphatic heterocycles. The number of amides is 2. The number of benzene rings is 1. The van der Waals surface area contributed by atoms with E-state index in [0.717, 1.165) is 0 Å². The molecule has 1 aromatic rings. The Balaban J connectivity index is 2.74. The van der Waals surface area contributed by atoms with E-state index < -0.39 is 36.5 Å². The number of aliphatic hydroxyl groups is 1. The molecule has 0 saturated heterocycles. The van der Waals surface area contributed by atoms with Crippen LogP contribution in [0.15, 0.2) is 24.3 Å². The Morgan fingerprint density at radius 1 is 1.09 bits per heavy atom. The van der Waals surface area contributed by atoms with Crippen LogP contribution in [-0.2, 0) is 20.8 Å². The Hall–Kier alpha value is -2.65. The molecule has 2 atom stereocenters. The van der Waals surface area contributed by atoms with E-state index in [4.69, 9.17) is 10.8 Å². The van der Waals surface area contributed by atoms with Crippen LogP contribution in [-0.4, -0.2) is 58.3 Å². The number of rotatable bonds is 8. The van der Waals surface area contributed by atoms with Crippen LogP contribution in [0.5, 0.6) is 5.75 Å². The SMILES string of the molecule is NCC(=O)NC(CO)C(=O)NC(Cc1ccc(O)cc1)C(=O)O. The third kappa shape index (κ3) is 5.93. The largest absolute Gasteiger partial charge is 0.508 e. The maximum Gasteiger partial charge on any atom is 0.326 e. The highest BCUT2D eigenvalue weighted by Crippen LogP contribution is 2.11. The highest BCUT2D eigenvalue weighted by Gasteiger charge is 2.26. The molecule has 9 heteroatoms. The summed E-state index contributed by atoms with van der Waals surface area (Å²) in [5.74, 6) is -2.71. The topological polar surface area (TPSA) is 162 Å². The van der Waals surface area contributed by atoms with Crippen molar-refractivity contribution in [2.24, 2.45) is 5.73 Å². The van der Waals surface area contributed by atoms with Gasteiger partial charge in [0.25, 0.3) is 0 Å². The van der Waals surface area contributed by atoms with Crippen LogP contribution in [0.2, 0.25) is 0 Å². The molecule has 126 valence electrons. The van der Waals surface area contributed by atoms with Gasteiger partial charge in [0.05, 0.1) is 13.2 Å². The quantitative estimate of drug-likeness (QED) is 0.320. The molecule has 0 saturated carbocycles. The summed E-state index contributed by atoms with van der Waals surface area (Å²) in [5.41, 5.74) is 5.68. The average molecular weight is 325 g/mol. The number of carbonyl (C=O) groups is 3. The van der Waals surface area contributed by atoms with Crippen LogP contribution in [0.25, 0.3) is 0 Å². The lowest BCUT2D eigenvalue weighted by molar-refractivity contribution is -0.142. The number of hydrogen-bond donors (Lipinski definition) is 6. The highest BCUT2D eigenvalue weighted by molar-refractivity contribution is 5.91. The summed E-state index contributed by atoms with van der Waals surface area (Å²) in [6.07, 6.45) is -0.0235. The minimum Gasteiger partial charge on any atom is -0.508 e. The molecule has 23 heavy (non-hydrogen) atoms. The number of carboxylic acids is 1. The summed E-state index contributed by atoms with van der Waals surface area (Å²) in [6, 6.07) is 3.31. The molecule has 0 fully saturated rings.